The van der Waals surface area contributed by atoms with Gasteiger partial charge in [-0.05, 0) is 29.5 Å². The Kier molecular flexibility index (Phi) is 2.96. The van der Waals surface area contributed by atoms with Crippen molar-refractivity contribution in [1.82, 2.24) is 9.55 Å². The SMILES string of the molecule is CC1(C)CC(=O)c2c(ncn2Cc2ccc(F)cc2)C1. The van der Waals surface area contributed by atoms with E-state index in [1.165, 1.54) is 12.1 Å². The van der Waals surface area contributed by atoms with Gasteiger partial charge in [-0.1, -0.05) is 26.0 Å². The van der Waals surface area contributed by atoms with Gasteiger partial charge in [0.2, 0.25) is 0 Å². The average Bonchev–Trinajstić information content (AvgIpc) is 2.73. The third kappa shape index (κ3) is 2.38. The van der Waals surface area contributed by atoms with E-state index in [0.717, 1.165) is 17.7 Å². The molecule has 0 atom stereocenters. The number of imidazole rings is 1. The van der Waals surface area contributed by atoms with Crippen LogP contribution in [0.2, 0.25) is 0 Å². The average molecular weight is 272 g/mol. The molecule has 0 unspecified atom stereocenters. The summed E-state index contributed by atoms with van der Waals surface area (Å²) in [5.74, 6) is -0.102. The van der Waals surface area contributed by atoms with Crippen LogP contribution in [-0.2, 0) is 13.0 Å². The molecule has 0 N–H and O–H groups in total. The van der Waals surface area contributed by atoms with Crippen molar-refractivity contribution in [3.63, 3.8) is 0 Å². The van der Waals surface area contributed by atoms with Crippen molar-refractivity contribution >= 4 is 5.78 Å². The molecule has 1 aromatic heterocycles. The molecule has 0 spiro atoms. The first-order chi connectivity index (χ1) is 9.44. The molecule has 0 bridgehead atoms. The zero-order valence-electron chi connectivity index (χ0n) is 11.7. The summed E-state index contributed by atoms with van der Waals surface area (Å²) in [6.45, 7) is 4.73. The minimum Gasteiger partial charge on any atom is -0.323 e. The largest absolute Gasteiger partial charge is 0.323 e. The zero-order chi connectivity index (χ0) is 14.3. The Labute approximate surface area is 117 Å². The highest BCUT2D eigenvalue weighted by molar-refractivity contribution is 5.97. The number of carbonyl (C=O) groups excluding carboxylic acids is 1. The van der Waals surface area contributed by atoms with Crippen LogP contribution in [0.15, 0.2) is 30.6 Å². The molecule has 3 rings (SSSR count). The molecule has 4 heteroatoms. The summed E-state index contributed by atoms with van der Waals surface area (Å²) in [5.41, 5.74) is 2.55. The van der Waals surface area contributed by atoms with Crippen LogP contribution in [0.3, 0.4) is 0 Å². The van der Waals surface area contributed by atoms with E-state index in [1.807, 2.05) is 4.57 Å². The van der Waals surface area contributed by atoms with Crippen molar-refractivity contribution in [2.24, 2.45) is 5.41 Å². The summed E-state index contributed by atoms with van der Waals surface area (Å²) in [6, 6.07) is 6.34. The van der Waals surface area contributed by atoms with Gasteiger partial charge in [-0.2, -0.15) is 0 Å². The second-order valence-electron chi connectivity index (χ2n) is 6.24. The summed E-state index contributed by atoms with van der Waals surface area (Å²) in [6.07, 6.45) is 3.09. The molecule has 0 saturated carbocycles. The summed E-state index contributed by atoms with van der Waals surface area (Å²) in [4.78, 5) is 16.7. The smallest absolute Gasteiger partial charge is 0.181 e. The van der Waals surface area contributed by atoms with Gasteiger partial charge in [-0.25, -0.2) is 9.37 Å². The number of nitrogens with zero attached hydrogens (tertiary/aromatic N) is 2. The minimum absolute atomic E-state index is 0.0147. The van der Waals surface area contributed by atoms with Crippen molar-refractivity contribution in [3.8, 4) is 0 Å². The molecule has 1 aliphatic carbocycles. The molecule has 0 aliphatic heterocycles. The predicted molar refractivity (Wildman–Crippen MR) is 74.2 cm³/mol. The molecule has 0 radical (unpaired) electrons. The van der Waals surface area contributed by atoms with Crippen LogP contribution in [0.25, 0.3) is 0 Å². The number of hydrogen-bond acceptors (Lipinski definition) is 2. The van der Waals surface area contributed by atoms with E-state index in [9.17, 15) is 9.18 Å². The topological polar surface area (TPSA) is 34.9 Å². The fraction of sp³-hybridized carbons (Fsp3) is 0.375. The van der Waals surface area contributed by atoms with Crippen LogP contribution in [-0.4, -0.2) is 15.3 Å². The van der Waals surface area contributed by atoms with E-state index in [0.29, 0.717) is 18.7 Å². The molecular formula is C16H17FN2O. The van der Waals surface area contributed by atoms with Crippen molar-refractivity contribution < 1.29 is 9.18 Å². The molecule has 0 amide bonds. The molecule has 104 valence electrons. The summed E-state index contributed by atoms with van der Waals surface area (Å²) in [5, 5.41) is 0. The molecule has 1 aromatic carbocycles. The van der Waals surface area contributed by atoms with Gasteiger partial charge >= 0.3 is 0 Å². The molecule has 0 fully saturated rings. The lowest BCUT2D eigenvalue weighted by Crippen LogP contribution is -2.28. The van der Waals surface area contributed by atoms with Crippen LogP contribution < -0.4 is 0 Å². The van der Waals surface area contributed by atoms with Crippen LogP contribution in [0.4, 0.5) is 4.39 Å². The quantitative estimate of drug-likeness (QED) is 0.841. The van der Waals surface area contributed by atoms with Crippen molar-refractivity contribution in [1.29, 1.82) is 0 Å². The third-order valence-electron chi connectivity index (χ3n) is 3.73. The fourth-order valence-corrected chi connectivity index (χ4v) is 2.82. The highest BCUT2D eigenvalue weighted by Gasteiger charge is 2.34. The number of fused-ring (bicyclic) bond motifs is 1. The van der Waals surface area contributed by atoms with Crippen LogP contribution in [0.1, 0.15) is 42.0 Å². The fourth-order valence-electron chi connectivity index (χ4n) is 2.82. The highest BCUT2D eigenvalue weighted by Crippen LogP contribution is 2.34. The number of rotatable bonds is 2. The summed E-state index contributed by atoms with van der Waals surface area (Å²) >= 11 is 0. The van der Waals surface area contributed by atoms with Gasteiger partial charge in [-0.15, -0.1) is 0 Å². The highest BCUT2D eigenvalue weighted by atomic mass is 19.1. The standard InChI is InChI=1S/C16H17FN2O/c1-16(2)7-13-15(14(20)8-16)19(10-18-13)9-11-3-5-12(17)6-4-11/h3-6,10H,7-9H2,1-2H3. The lowest BCUT2D eigenvalue weighted by Gasteiger charge is -2.28. The number of halogens is 1. The Morgan fingerprint density at radius 1 is 1.25 bits per heavy atom. The molecule has 0 saturated heterocycles. The predicted octanol–water partition coefficient (Wildman–Crippen LogP) is 3.23. The second-order valence-corrected chi connectivity index (χ2v) is 6.24. The lowest BCUT2D eigenvalue weighted by molar-refractivity contribution is 0.0901. The van der Waals surface area contributed by atoms with Gasteiger partial charge in [-0.3, -0.25) is 4.79 Å². The number of hydrogen-bond donors (Lipinski definition) is 0. The molecule has 2 aromatic rings. The zero-order valence-corrected chi connectivity index (χ0v) is 11.7. The Morgan fingerprint density at radius 3 is 2.65 bits per heavy atom. The van der Waals surface area contributed by atoms with Gasteiger partial charge in [0.25, 0.3) is 0 Å². The Morgan fingerprint density at radius 2 is 1.95 bits per heavy atom. The van der Waals surface area contributed by atoms with E-state index >= 15 is 0 Å². The van der Waals surface area contributed by atoms with Crippen LogP contribution >= 0.6 is 0 Å². The second kappa shape index (κ2) is 4.54. The Bertz CT molecular complexity index is 656. The van der Waals surface area contributed by atoms with Gasteiger partial charge in [0.1, 0.15) is 11.5 Å². The normalized spacial score (nSPS) is 17.1. The number of carbonyl (C=O) groups is 1. The van der Waals surface area contributed by atoms with Gasteiger partial charge in [0.15, 0.2) is 5.78 Å². The number of Topliss-reactive ketones (excluding diaryl/α,β-unsaturated/α-hetero) is 1. The molecule has 3 nitrogen and oxygen atoms in total. The summed E-state index contributed by atoms with van der Waals surface area (Å²) in [7, 11) is 0. The maximum absolute atomic E-state index is 12.9. The van der Waals surface area contributed by atoms with Crippen LogP contribution in [0.5, 0.6) is 0 Å². The van der Waals surface area contributed by atoms with E-state index in [1.54, 1.807) is 18.5 Å². The first kappa shape index (κ1) is 13.0. The van der Waals surface area contributed by atoms with Gasteiger partial charge in [0, 0.05) is 13.0 Å². The maximum atomic E-state index is 12.9. The van der Waals surface area contributed by atoms with Crippen molar-refractivity contribution in [2.75, 3.05) is 0 Å². The van der Waals surface area contributed by atoms with Gasteiger partial charge < -0.3 is 4.57 Å². The number of ketones is 1. The van der Waals surface area contributed by atoms with Crippen molar-refractivity contribution in [3.05, 3.63) is 53.4 Å². The number of benzene rings is 1. The molecule has 1 heterocycles. The Hall–Kier alpha value is -1.97. The van der Waals surface area contributed by atoms with E-state index in [2.05, 4.69) is 18.8 Å². The van der Waals surface area contributed by atoms with E-state index in [4.69, 9.17) is 0 Å². The lowest BCUT2D eigenvalue weighted by atomic mass is 9.77. The van der Waals surface area contributed by atoms with Crippen LogP contribution in [0, 0.1) is 11.2 Å². The monoisotopic (exact) mass is 272 g/mol. The minimum atomic E-state index is -0.251. The molecule has 20 heavy (non-hydrogen) atoms. The number of aromatic nitrogens is 2. The van der Waals surface area contributed by atoms with Gasteiger partial charge in [0.05, 0.1) is 12.0 Å². The first-order valence-electron chi connectivity index (χ1n) is 6.76. The maximum Gasteiger partial charge on any atom is 0.181 e. The third-order valence-corrected chi connectivity index (χ3v) is 3.73. The Balaban J connectivity index is 1.92. The summed E-state index contributed by atoms with van der Waals surface area (Å²) < 4.78 is 14.8. The molecular weight excluding hydrogens is 255 g/mol. The van der Waals surface area contributed by atoms with Crippen molar-refractivity contribution in [2.45, 2.75) is 33.2 Å². The van der Waals surface area contributed by atoms with E-state index in [-0.39, 0.29) is 17.0 Å². The van der Waals surface area contributed by atoms with E-state index < -0.39 is 0 Å². The first-order valence-corrected chi connectivity index (χ1v) is 6.76. The molecule has 1 aliphatic rings.